The average molecular weight is 339 g/mol. The highest BCUT2D eigenvalue weighted by atomic mass is 16.6. The largest absolute Gasteiger partial charge is 0.477 e. The molecule has 2 aromatic carbocycles. The molecule has 2 N–H and O–H groups in total. The summed E-state index contributed by atoms with van der Waals surface area (Å²) in [5, 5.41) is 11.5. The van der Waals surface area contributed by atoms with Crippen molar-refractivity contribution in [1.82, 2.24) is 5.32 Å². The number of alkyl carbamates (subject to hydrolysis) is 1. The number of ether oxygens (including phenoxy) is 1. The van der Waals surface area contributed by atoms with Gasteiger partial charge in [0.1, 0.15) is 11.3 Å². The molecule has 0 aromatic heterocycles. The first-order valence-corrected chi connectivity index (χ1v) is 7.85. The number of benzene rings is 2. The maximum atomic E-state index is 11.8. The number of carbonyl (C=O) groups is 2. The zero-order valence-corrected chi connectivity index (χ0v) is 14.4. The fraction of sp³-hybridized carbons (Fsp3) is 0.200. The van der Waals surface area contributed by atoms with E-state index in [2.05, 4.69) is 5.32 Å². The first-order valence-electron chi connectivity index (χ1n) is 7.85. The molecule has 0 saturated carbocycles. The highest BCUT2D eigenvalue weighted by Crippen LogP contribution is 2.20. The van der Waals surface area contributed by atoms with Crippen molar-refractivity contribution in [2.75, 3.05) is 0 Å². The number of amides is 1. The molecule has 0 fully saturated rings. The molecule has 5 heteroatoms. The van der Waals surface area contributed by atoms with Crippen LogP contribution in [0.4, 0.5) is 4.79 Å². The number of carboxylic acids is 1. The number of hydrogen-bond donors (Lipinski definition) is 2. The van der Waals surface area contributed by atoms with E-state index in [1.807, 2.05) is 42.5 Å². The Morgan fingerprint density at radius 3 is 2.04 bits per heavy atom. The zero-order valence-electron chi connectivity index (χ0n) is 14.4. The Hall–Kier alpha value is -3.08. The third kappa shape index (κ3) is 5.80. The number of nitrogens with one attached hydrogen (secondary N) is 1. The zero-order chi connectivity index (χ0) is 18.4. The fourth-order valence-corrected chi connectivity index (χ4v) is 2.13. The quantitative estimate of drug-likeness (QED) is 0.814. The van der Waals surface area contributed by atoms with Gasteiger partial charge in [-0.25, -0.2) is 9.59 Å². The van der Waals surface area contributed by atoms with Crippen LogP contribution >= 0.6 is 0 Å². The molecule has 0 aliphatic rings. The Balaban J connectivity index is 2.17. The third-order valence-electron chi connectivity index (χ3n) is 3.19. The summed E-state index contributed by atoms with van der Waals surface area (Å²) in [6.45, 7) is 5.12. The third-order valence-corrected chi connectivity index (χ3v) is 3.19. The number of hydrogen-bond acceptors (Lipinski definition) is 3. The van der Waals surface area contributed by atoms with Crippen LogP contribution in [0.1, 0.15) is 26.3 Å². The highest BCUT2D eigenvalue weighted by molar-refractivity contribution is 5.95. The van der Waals surface area contributed by atoms with Crippen LogP contribution in [0.15, 0.2) is 60.3 Å². The summed E-state index contributed by atoms with van der Waals surface area (Å²) in [5.41, 5.74) is 1.80. The van der Waals surface area contributed by atoms with Crippen molar-refractivity contribution in [3.05, 3.63) is 65.9 Å². The van der Waals surface area contributed by atoms with Crippen molar-refractivity contribution in [3.8, 4) is 11.1 Å². The lowest BCUT2D eigenvalue weighted by Crippen LogP contribution is -2.34. The monoisotopic (exact) mass is 339 g/mol. The van der Waals surface area contributed by atoms with Gasteiger partial charge in [0.25, 0.3) is 0 Å². The SMILES string of the molecule is CC(C)(C)OC(=O)N/C(=C\c1ccc(-c2ccccc2)cc1)C(=O)O. The molecule has 0 aliphatic carbocycles. The lowest BCUT2D eigenvalue weighted by molar-refractivity contribution is -0.133. The number of carbonyl (C=O) groups excluding carboxylic acids is 1. The standard InChI is InChI=1S/C20H21NO4/c1-20(2,3)25-19(24)21-17(18(22)23)13-14-9-11-16(12-10-14)15-7-5-4-6-8-15/h4-13H,1-3H3,(H,21,24)(H,22,23)/b17-13-. The smallest absolute Gasteiger partial charge is 0.412 e. The van der Waals surface area contributed by atoms with Crippen LogP contribution in [0.25, 0.3) is 17.2 Å². The Kier molecular flexibility index (Phi) is 5.60. The maximum absolute atomic E-state index is 11.8. The van der Waals surface area contributed by atoms with E-state index in [0.717, 1.165) is 11.1 Å². The molecule has 130 valence electrons. The van der Waals surface area contributed by atoms with Gasteiger partial charge in [-0.1, -0.05) is 54.6 Å². The Morgan fingerprint density at radius 2 is 1.52 bits per heavy atom. The van der Waals surface area contributed by atoms with Crippen molar-refractivity contribution >= 4 is 18.1 Å². The summed E-state index contributed by atoms with van der Waals surface area (Å²) in [6.07, 6.45) is 0.586. The van der Waals surface area contributed by atoms with E-state index >= 15 is 0 Å². The minimum atomic E-state index is -1.24. The predicted octanol–water partition coefficient (Wildman–Crippen LogP) is 4.30. The molecule has 0 heterocycles. The molecule has 0 saturated heterocycles. The van der Waals surface area contributed by atoms with Crippen molar-refractivity contribution in [1.29, 1.82) is 0 Å². The second kappa shape index (κ2) is 7.66. The van der Waals surface area contributed by atoms with Crippen molar-refractivity contribution in [2.24, 2.45) is 0 Å². The summed E-state index contributed by atoms with van der Waals surface area (Å²) in [7, 11) is 0. The van der Waals surface area contributed by atoms with Crippen LogP contribution < -0.4 is 5.32 Å². The average Bonchev–Trinajstić information content (AvgIpc) is 2.54. The summed E-state index contributed by atoms with van der Waals surface area (Å²) in [5.74, 6) is -1.24. The Bertz CT molecular complexity index is 772. The topological polar surface area (TPSA) is 75.6 Å². The fourth-order valence-electron chi connectivity index (χ4n) is 2.13. The summed E-state index contributed by atoms with van der Waals surface area (Å²) in [4.78, 5) is 23.1. The molecule has 0 spiro atoms. The molecule has 0 radical (unpaired) electrons. The van der Waals surface area contributed by atoms with E-state index in [0.29, 0.717) is 5.56 Å². The number of carboxylic acid groups (broad SMARTS) is 1. The molecular formula is C20H21NO4. The summed E-state index contributed by atoms with van der Waals surface area (Å²) >= 11 is 0. The van der Waals surface area contributed by atoms with Gasteiger partial charge in [0.05, 0.1) is 0 Å². The second-order valence-electron chi connectivity index (χ2n) is 6.48. The summed E-state index contributed by atoms with van der Waals surface area (Å²) < 4.78 is 5.08. The van der Waals surface area contributed by atoms with Crippen molar-refractivity contribution < 1.29 is 19.4 Å². The van der Waals surface area contributed by atoms with Gasteiger partial charge in [-0.2, -0.15) is 0 Å². The van der Waals surface area contributed by atoms with E-state index in [1.54, 1.807) is 32.9 Å². The maximum Gasteiger partial charge on any atom is 0.412 e. The molecule has 2 aromatic rings. The summed E-state index contributed by atoms with van der Waals surface area (Å²) in [6, 6.07) is 17.2. The van der Waals surface area contributed by atoms with Crippen LogP contribution in [0, 0.1) is 0 Å². The van der Waals surface area contributed by atoms with Crippen molar-refractivity contribution in [3.63, 3.8) is 0 Å². The van der Waals surface area contributed by atoms with Gasteiger partial charge in [0.2, 0.25) is 0 Å². The van der Waals surface area contributed by atoms with E-state index < -0.39 is 17.7 Å². The number of rotatable bonds is 4. The highest BCUT2D eigenvalue weighted by Gasteiger charge is 2.19. The lowest BCUT2D eigenvalue weighted by atomic mass is 10.0. The molecule has 2 rings (SSSR count). The van der Waals surface area contributed by atoms with E-state index in [-0.39, 0.29) is 5.70 Å². The Morgan fingerprint density at radius 1 is 0.960 bits per heavy atom. The van der Waals surface area contributed by atoms with Gasteiger partial charge in [0.15, 0.2) is 0 Å². The molecule has 0 aliphatic heterocycles. The van der Waals surface area contributed by atoms with Crippen LogP contribution in [-0.4, -0.2) is 22.8 Å². The van der Waals surface area contributed by atoms with Crippen LogP contribution in [0.2, 0.25) is 0 Å². The normalized spacial score (nSPS) is 11.7. The van der Waals surface area contributed by atoms with Gasteiger partial charge < -0.3 is 9.84 Å². The van der Waals surface area contributed by atoms with E-state index in [4.69, 9.17) is 4.74 Å². The van der Waals surface area contributed by atoms with Crippen molar-refractivity contribution in [2.45, 2.75) is 26.4 Å². The Labute approximate surface area is 146 Å². The van der Waals surface area contributed by atoms with Crippen LogP contribution in [-0.2, 0) is 9.53 Å². The first kappa shape index (κ1) is 18.3. The van der Waals surface area contributed by atoms with E-state index in [1.165, 1.54) is 6.08 Å². The van der Waals surface area contributed by atoms with Crippen LogP contribution in [0.5, 0.6) is 0 Å². The molecule has 0 bridgehead atoms. The second-order valence-corrected chi connectivity index (χ2v) is 6.48. The minimum absolute atomic E-state index is 0.248. The molecule has 5 nitrogen and oxygen atoms in total. The van der Waals surface area contributed by atoms with Crippen LogP contribution in [0.3, 0.4) is 0 Å². The van der Waals surface area contributed by atoms with E-state index in [9.17, 15) is 14.7 Å². The first-order chi connectivity index (χ1) is 11.7. The number of aliphatic carboxylic acids is 1. The molecule has 25 heavy (non-hydrogen) atoms. The molecule has 0 atom stereocenters. The van der Waals surface area contributed by atoms with Gasteiger partial charge in [0, 0.05) is 0 Å². The molecule has 0 unspecified atom stereocenters. The minimum Gasteiger partial charge on any atom is -0.477 e. The predicted molar refractivity (Wildman–Crippen MR) is 96.9 cm³/mol. The van der Waals surface area contributed by atoms with Gasteiger partial charge in [-0.15, -0.1) is 0 Å². The van der Waals surface area contributed by atoms with Gasteiger partial charge >= 0.3 is 12.1 Å². The molecule has 1 amide bonds. The lowest BCUT2D eigenvalue weighted by Gasteiger charge is -2.19. The van der Waals surface area contributed by atoms with Gasteiger partial charge in [-0.3, -0.25) is 5.32 Å². The molecular weight excluding hydrogens is 318 g/mol. The van der Waals surface area contributed by atoms with Gasteiger partial charge in [-0.05, 0) is 43.5 Å².